The van der Waals surface area contributed by atoms with Crippen LogP contribution in [-0.2, 0) is 108 Å². The molecule has 2 aromatic carbocycles. The van der Waals surface area contributed by atoms with Gasteiger partial charge in [0.15, 0.2) is 0 Å². The SMILES string of the molecule is CC(C)C[C@H](NC(=O)[C@@H]1CCCN1C(=O)[C@H](Cc1ccccc1)NC(=O)[C@H](C)NC(=O)[C@H](CCC(=O)OC(C)(C)C)NC(=O)[C@H](C)NC(=O)[C@H](CO)NC(=O)[C@H](CCC(=O)OC(C)(C)C)NC(=O)[C@@H](N)CC(=O)OC(C)(C)C)C(=O)N[C@@H](CCC(=O)OC(C)(C)C)C(=O)N[C@@H](Cc1ccccc1)C(=O)OC(C)(C)C. The van der Waals surface area contributed by atoms with E-state index in [9.17, 15) is 72.2 Å². The predicted molar refractivity (Wildman–Crippen MR) is 400 cm³/mol. The predicted octanol–water partition coefficient (Wildman–Crippen LogP) is 2.67. The van der Waals surface area contributed by atoms with E-state index in [4.69, 9.17) is 29.4 Å². The smallest absolute Gasteiger partial charge is 0.329 e. The van der Waals surface area contributed by atoms with E-state index in [-0.39, 0.29) is 51.0 Å². The molecule has 10 amide bonds. The molecule has 1 saturated heterocycles. The van der Waals surface area contributed by atoms with Gasteiger partial charge in [-0.1, -0.05) is 74.5 Å². The number of amides is 10. The first kappa shape index (κ1) is 93.6. The minimum absolute atomic E-state index is 0.00978. The second-order valence-corrected chi connectivity index (χ2v) is 32.6. The molecule has 11 atom stereocenters. The van der Waals surface area contributed by atoms with Crippen molar-refractivity contribution >= 4 is 88.9 Å². The Morgan fingerprint density at radius 1 is 0.422 bits per heavy atom. The van der Waals surface area contributed by atoms with Gasteiger partial charge in [0, 0.05) is 38.6 Å². The molecule has 0 aliphatic carbocycles. The average molecular weight is 1530 g/mol. The fraction of sp³-hybridized carbons (Fsp3) is 0.649. The lowest BCUT2D eigenvalue weighted by Gasteiger charge is -2.31. The third-order valence-electron chi connectivity index (χ3n) is 15.9. The number of rotatable bonds is 38. The highest BCUT2D eigenvalue weighted by atomic mass is 16.6. The molecular formula is C77H119N11O21. The lowest BCUT2D eigenvalue weighted by atomic mass is 10.0. The zero-order valence-corrected chi connectivity index (χ0v) is 66.7. The van der Waals surface area contributed by atoms with Crippen molar-refractivity contribution in [1.29, 1.82) is 0 Å². The first-order chi connectivity index (χ1) is 50.3. The van der Waals surface area contributed by atoms with Crippen LogP contribution in [0, 0.1) is 5.92 Å². The van der Waals surface area contributed by atoms with Gasteiger partial charge in [0.1, 0.15) is 88.4 Å². The molecule has 12 N–H and O–H groups in total. The first-order valence-corrected chi connectivity index (χ1v) is 36.9. The van der Waals surface area contributed by atoms with Crippen molar-refractivity contribution in [1.82, 2.24) is 52.8 Å². The van der Waals surface area contributed by atoms with Crippen LogP contribution in [0.1, 0.15) is 207 Å². The van der Waals surface area contributed by atoms with Crippen molar-refractivity contribution in [3.05, 3.63) is 71.8 Å². The van der Waals surface area contributed by atoms with Crippen LogP contribution in [0.2, 0.25) is 0 Å². The van der Waals surface area contributed by atoms with Gasteiger partial charge in [0.05, 0.1) is 19.1 Å². The van der Waals surface area contributed by atoms with Crippen molar-refractivity contribution in [2.45, 2.75) is 303 Å². The van der Waals surface area contributed by atoms with Crippen molar-refractivity contribution in [3.63, 3.8) is 0 Å². The standard InChI is InChI=1S/C77H119N11O21/c1-44(2)39-53(68(100)83-52(34-37-60(92)107-75(11,12)13)66(98)86-55(72(104)109-77(17,18)19)41-48-29-24-21-25-30-48)84-70(102)57-31-26-38-88(57)71(103)54(40-47-27-22-20-23-28-47)85-63(95)46(4)79-65(97)50(32-35-58(90)105-73(5,6)7)81-62(94)45(3)80-69(101)56(43-89)87-67(99)51(33-36-59(91)106-74(8,9)10)82-64(96)49(78)42-61(93)108-76(14,15)16/h20-25,27-30,44-46,49-57,89H,26,31-43,78H2,1-19H3,(H,79,97)(H,80,101)(H,81,94)(H,82,96)(H,83,100)(H,84,102)(H,85,95)(H,86,98)(H,87,99)/t45-,46-,49-,50-,51-,52-,53-,54-,55-,56-,57-/m0/s1. The number of likely N-dealkylation sites (tertiary alicyclic amines) is 1. The van der Waals surface area contributed by atoms with E-state index in [2.05, 4.69) is 47.9 Å². The Labute approximate surface area is 639 Å². The molecule has 3 rings (SSSR count). The van der Waals surface area contributed by atoms with E-state index in [0.717, 1.165) is 0 Å². The quantitative estimate of drug-likeness (QED) is 0.0340. The topological polar surface area (TPSA) is 460 Å². The van der Waals surface area contributed by atoms with Crippen LogP contribution in [0.4, 0.5) is 0 Å². The number of hydrogen-bond donors (Lipinski definition) is 11. The number of carbonyl (C=O) groups excluding carboxylic acids is 15. The van der Waals surface area contributed by atoms with Crippen LogP contribution < -0.4 is 53.6 Å². The van der Waals surface area contributed by atoms with Gasteiger partial charge in [-0.05, 0) is 173 Å². The van der Waals surface area contributed by atoms with E-state index in [1.165, 1.54) is 18.7 Å². The molecule has 0 saturated carbocycles. The van der Waals surface area contributed by atoms with Crippen LogP contribution in [0.3, 0.4) is 0 Å². The van der Waals surface area contributed by atoms with Crippen LogP contribution >= 0.6 is 0 Å². The maximum absolute atomic E-state index is 15.0. The maximum Gasteiger partial charge on any atom is 0.329 e. The van der Waals surface area contributed by atoms with Gasteiger partial charge in [-0.2, -0.15) is 0 Å². The van der Waals surface area contributed by atoms with Crippen molar-refractivity contribution in [2.24, 2.45) is 11.7 Å². The second kappa shape index (κ2) is 42.4. The Morgan fingerprint density at radius 2 is 0.761 bits per heavy atom. The molecule has 109 heavy (non-hydrogen) atoms. The lowest BCUT2D eigenvalue weighted by Crippen LogP contribution is -2.60. The van der Waals surface area contributed by atoms with Crippen molar-refractivity contribution in [2.75, 3.05) is 13.2 Å². The number of hydrogen-bond acceptors (Lipinski definition) is 22. The monoisotopic (exact) mass is 1530 g/mol. The summed E-state index contributed by atoms with van der Waals surface area (Å²) in [6, 6.07) is 1.13. The number of benzene rings is 2. The molecule has 0 spiro atoms. The maximum atomic E-state index is 15.0. The van der Waals surface area contributed by atoms with Crippen LogP contribution in [-0.4, -0.2) is 207 Å². The Bertz CT molecular complexity index is 3470. The summed E-state index contributed by atoms with van der Waals surface area (Å²) in [5.41, 5.74) is 2.61. The van der Waals surface area contributed by atoms with Gasteiger partial charge in [0.25, 0.3) is 0 Å². The number of aliphatic hydroxyl groups excluding tert-OH is 1. The van der Waals surface area contributed by atoms with Crippen LogP contribution in [0.5, 0.6) is 0 Å². The molecule has 0 unspecified atom stereocenters. The summed E-state index contributed by atoms with van der Waals surface area (Å²) >= 11 is 0. The van der Waals surface area contributed by atoms with Crippen molar-refractivity contribution in [3.8, 4) is 0 Å². The normalized spacial score (nSPS) is 16.0. The highest BCUT2D eigenvalue weighted by Crippen LogP contribution is 2.23. The van der Waals surface area contributed by atoms with E-state index >= 15 is 4.79 Å². The fourth-order valence-electron chi connectivity index (χ4n) is 11.0. The number of nitrogens with one attached hydrogen (secondary N) is 9. The van der Waals surface area contributed by atoms with E-state index in [1.54, 1.807) is 178 Å². The Morgan fingerprint density at radius 3 is 1.17 bits per heavy atom. The summed E-state index contributed by atoms with van der Waals surface area (Å²) < 4.78 is 27.3. The summed E-state index contributed by atoms with van der Waals surface area (Å²) in [5.74, 6) is -13.4. The highest BCUT2D eigenvalue weighted by molar-refractivity contribution is 5.99. The largest absolute Gasteiger partial charge is 0.460 e. The summed E-state index contributed by atoms with van der Waals surface area (Å²) in [7, 11) is 0. The average Bonchev–Trinajstić information content (AvgIpc) is 1.75. The molecule has 32 nitrogen and oxygen atoms in total. The third-order valence-corrected chi connectivity index (χ3v) is 15.9. The number of esters is 5. The van der Waals surface area contributed by atoms with Crippen LogP contribution in [0.25, 0.3) is 0 Å². The zero-order chi connectivity index (χ0) is 82.7. The molecule has 0 aromatic heterocycles. The van der Waals surface area contributed by atoms with Crippen molar-refractivity contribution < 1.29 is 101 Å². The number of nitrogens with zero attached hydrogens (tertiary/aromatic N) is 1. The molecule has 608 valence electrons. The fourth-order valence-corrected chi connectivity index (χ4v) is 11.0. The van der Waals surface area contributed by atoms with Gasteiger partial charge in [-0.3, -0.25) is 67.1 Å². The molecule has 0 bridgehead atoms. The lowest BCUT2D eigenvalue weighted by molar-refractivity contribution is -0.159. The summed E-state index contributed by atoms with van der Waals surface area (Å²) in [4.78, 5) is 209. The van der Waals surface area contributed by atoms with E-state index in [0.29, 0.717) is 17.5 Å². The molecule has 1 fully saturated rings. The van der Waals surface area contributed by atoms with Crippen LogP contribution in [0.15, 0.2) is 60.7 Å². The minimum atomic E-state index is -1.82. The molecule has 0 radical (unpaired) electrons. The second-order valence-electron chi connectivity index (χ2n) is 32.6. The highest BCUT2D eigenvalue weighted by Gasteiger charge is 2.42. The Balaban J connectivity index is 1.91. The Kier molecular flexibility index (Phi) is 36.4. The first-order valence-electron chi connectivity index (χ1n) is 36.9. The van der Waals surface area contributed by atoms with Gasteiger partial charge >= 0.3 is 29.8 Å². The summed E-state index contributed by atoms with van der Waals surface area (Å²) in [6.07, 6.45) is -2.63. The number of ether oxygens (including phenoxy) is 5. The van der Waals surface area contributed by atoms with E-state index in [1.807, 2.05) is 0 Å². The van der Waals surface area contributed by atoms with Gasteiger partial charge in [-0.15, -0.1) is 0 Å². The molecule has 1 heterocycles. The number of carbonyl (C=O) groups is 15. The van der Waals surface area contributed by atoms with Gasteiger partial charge in [-0.25, -0.2) is 4.79 Å². The molecule has 1 aliphatic heterocycles. The molecular weight excluding hydrogens is 1410 g/mol. The third kappa shape index (κ3) is 36.5. The van der Waals surface area contributed by atoms with Gasteiger partial charge < -0.3 is 87.3 Å². The van der Waals surface area contributed by atoms with E-state index < -0.39 is 222 Å². The zero-order valence-electron chi connectivity index (χ0n) is 66.7. The van der Waals surface area contributed by atoms with Gasteiger partial charge in [0.2, 0.25) is 59.1 Å². The number of aliphatic hydroxyl groups is 1. The molecule has 1 aliphatic rings. The molecule has 32 heteroatoms. The number of nitrogens with two attached hydrogens (primary N) is 1. The summed E-state index contributed by atoms with van der Waals surface area (Å²) in [6.45, 7) is 29.5. The minimum Gasteiger partial charge on any atom is -0.460 e. The summed E-state index contributed by atoms with van der Waals surface area (Å²) in [5, 5.41) is 33.3. The molecule has 2 aromatic rings. The Hall–Kier alpha value is -9.59.